The van der Waals surface area contributed by atoms with Crippen LogP contribution >= 0.6 is 0 Å². The zero-order valence-corrected chi connectivity index (χ0v) is 10.6. The summed E-state index contributed by atoms with van der Waals surface area (Å²) in [6, 6.07) is 9.68. The van der Waals surface area contributed by atoms with E-state index in [0.717, 1.165) is 30.2 Å². The lowest BCUT2D eigenvalue weighted by atomic mass is 10.1. The standard InChI is InChI=1S/C15H16N2O2/c18-15(17-10-12-5-3-9-19-12)14-13-6-2-1-4-11(13)7-8-16-14/h1-2,4,6-8,12H,3,5,9-10H2,(H,17,18)/t12-/m0/s1. The second-order valence-corrected chi connectivity index (χ2v) is 4.73. The van der Waals surface area contributed by atoms with Crippen molar-refractivity contribution in [2.45, 2.75) is 18.9 Å². The lowest BCUT2D eigenvalue weighted by molar-refractivity contribution is 0.0855. The van der Waals surface area contributed by atoms with E-state index >= 15 is 0 Å². The van der Waals surface area contributed by atoms with Crippen molar-refractivity contribution in [3.63, 3.8) is 0 Å². The van der Waals surface area contributed by atoms with E-state index in [-0.39, 0.29) is 12.0 Å². The number of pyridine rings is 1. The van der Waals surface area contributed by atoms with Crippen molar-refractivity contribution >= 4 is 16.7 Å². The van der Waals surface area contributed by atoms with Crippen LogP contribution in [0, 0.1) is 0 Å². The summed E-state index contributed by atoms with van der Waals surface area (Å²) in [6.07, 6.45) is 3.92. The normalized spacial score (nSPS) is 18.6. The molecule has 1 aromatic carbocycles. The van der Waals surface area contributed by atoms with E-state index in [9.17, 15) is 4.79 Å². The summed E-state index contributed by atoms with van der Waals surface area (Å²) in [5, 5.41) is 4.82. The molecule has 0 bridgehead atoms. The Morgan fingerprint density at radius 3 is 3.11 bits per heavy atom. The number of carbonyl (C=O) groups is 1. The van der Waals surface area contributed by atoms with Crippen LogP contribution in [0.5, 0.6) is 0 Å². The highest BCUT2D eigenvalue weighted by atomic mass is 16.5. The van der Waals surface area contributed by atoms with Crippen LogP contribution in [0.2, 0.25) is 0 Å². The molecule has 0 unspecified atom stereocenters. The first kappa shape index (κ1) is 12.1. The zero-order chi connectivity index (χ0) is 13.1. The maximum atomic E-state index is 12.2. The number of hydrogen-bond acceptors (Lipinski definition) is 3. The van der Waals surface area contributed by atoms with Crippen LogP contribution in [0.25, 0.3) is 10.8 Å². The molecule has 2 heterocycles. The number of nitrogens with one attached hydrogen (secondary N) is 1. The number of fused-ring (bicyclic) bond motifs is 1. The number of ether oxygens (including phenoxy) is 1. The van der Waals surface area contributed by atoms with Crippen molar-refractivity contribution in [2.24, 2.45) is 0 Å². The van der Waals surface area contributed by atoms with Gasteiger partial charge in [0.15, 0.2) is 0 Å². The van der Waals surface area contributed by atoms with Gasteiger partial charge in [0.1, 0.15) is 5.69 Å². The summed E-state index contributed by atoms with van der Waals surface area (Å²) in [5.41, 5.74) is 0.482. The molecule has 3 rings (SSSR count). The molecule has 1 amide bonds. The number of benzene rings is 1. The van der Waals surface area contributed by atoms with E-state index < -0.39 is 0 Å². The van der Waals surface area contributed by atoms with E-state index in [4.69, 9.17) is 4.74 Å². The van der Waals surface area contributed by atoms with Crippen LogP contribution in [0.4, 0.5) is 0 Å². The third-order valence-electron chi connectivity index (χ3n) is 3.40. The highest BCUT2D eigenvalue weighted by molar-refractivity contribution is 6.05. The molecule has 0 radical (unpaired) electrons. The maximum absolute atomic E-state index is 12.2. The van der Waals surface area contributed by atoms with Crippen molar-refractivity contribution in [3.8, 4) is 0 Å². The number of amides is 1. The van der Waals surface area contributed by atoms with Crippen LogP contribution in [0.3, 0.4) is 0 Å². The van der Waals surface area contributed by atoms with Crippen molar-refractivity contribution in [3.05, 3.63) is 42.2 Å². The Balaban J connectivity index is 1.77. The second kappa shape index (κ2) is 5.36. The first-order valence-electron chi connectivity index (χ1n) is 6.58. The Bertz CT molecular complexity index is 586. The van der Waals surface area contributed by atoms with Gasteiger partial charge in [0.25, 0.3) is 5.91 Å². The average Bonchev–Trinajstić information content (AvgIpc) is 2.97. The number of nitrogens with zero attached hydrogens (tertiary/aromatic N) is 1. The quantitative estimate of drug-likeness (QED) is 0.915. The second-order valence-electron chi connectivity index (χ2n) is 4.73. The highest BCUT2D eigenvalue weighted by Crippen LogP contribution is 2.16. The van der Waals surface area contributed by atoms with Crippen LogP contribution in [0.1, 0.15) is 23.3 Å². The van der Waals surface area contributed by atoms with E-state index in [1.165, 1.54) is 0 Å². The van der Waals surface area contributed by atoms with Gasteiger partial charge in [-0.1, -0.05) is 24.3 Å². The monoisotopic (exact) mass is 256 g/mol. The van der Waals surface area contributed by atoms with Crippen LogP contribution in [-0.4, -0.2) is 30.1 Å². The van der Waals surface area contributed by atoms with Gasteiger partial charge in [0, 0.05) is 24.7 Å². The summed E-state index contributed by atoms with van der Waals surface area (Å²) in [5.74, 6) is -0.132. The molecule has 98 valence electrons. The summed E-state index contributed by atoms with van der Waals surface area (Å²) >= 11 is 0. The van der Waals surface area contributed by atoms with E-state index in [2.05, 4.69) is 10.3 Å². The Hall–Kier alpha value is -1.94. The molecule has 19 heavy (non-hydrogen) atoms. The first-order valence-corrected chi connectivity index (χ1v) is 6.58. The van der Waals surface area contributed by atoms with Crippen molar-refractivity contribution in [1.29, 1.82) is 0 Å². The molecule has 1 aliphatic rings. The number of carbonyl (C=O) groups excluding carboxylic acids is 1. The largest absolute Gasteiger partial charge is 0.376 e. The molecule has 4 heteroatoms. The van der Waals surface area contributed by atoms with Gasteiger partial charge in [0.2, 0.25) is 0 Å². The highest BCUT2D eigenvalue weighted by Gasteiger charge is 2.17. The predicted octanol–water partition coefficient (Wildman–Crippen LogP) is 2.14. The fraction of sp³-hybridized carbons (Fsp3) is 0.333. The van der Waals surface area contributed by atoms with Gasteiger partial charge < -0.3 is 10.1 Å². The topological polar surface area (TPSA) is 51.2 Å². The van der Waals surface area contributed by atoms with Gasteiger partial charge in [-0.15, -0.1) is 0 Å². The molecule has 2 aromatic rings. The van der Waals surface area contributed by atoms with Crippen LogP contribution < -0.4 is 5.32 Å². The Kier molecular flexibility index (Phi) is 3.42. The van der Waals surface area contributed by atoms with E-state index in [1.807, 2.05) is 30.3 Å². The van der Waals surface area contributed by atoms with Gasteiger partial charge in [-0.25, -0.2) is 0 Å². The molecular formula is C15H16N2O2. The maximum Gasteiger partial charge on any atom is 0.270 e. The van der Waals surface area contributed by atoms with E-state index in [1.54, 1.807) is 6.20 Å². The molecule has 0 spiro atoms. The van der Waals surface area contributed by atoms with Crippen LogP contribution in [0.15, 0.2) is 36.5 Å². The number of aromatic nitrogens is 1. The van der Waals surface area contributed by atoms with Gasteiger partial charge in [0.05, 0.1) is 6.10 Å². The molecule has 1 aromatic heterocycles. The number of hydrogen-bond donors (Lipinski definition) is 1. The predicted molar refractivity (Wildman–Crippen MR) is 73.1 cm³/mol. The minimum Gasteiger partial charge on any atom is -0.376 e. The molecule has 1 atom stereocenters. The SMILES string of the molecule is O=C(NC[C@@H]1CCCO1)c1nccc2ccccc12. The lowest BCUT2D eigenvalue weighted by Gasteiger charge is -2.11. The molecule has 0 saturated carbocycles. The minimum atomic E-state index is -0.132. The van der Waals surface area contributed by atoms with Gasteiger partial charge >= 0.3 is 0 Å². The van der Waals surface area contributed by atoms with Gasteiger partial charge in [-0.05, 0) is 24.3 Å². The van der Waals surface area contributed by atoms with E-state index in [0.29, 0.717) is 12.2 Å². The van der Waals surface area contributed by atoms with Crippen molar-refractivity contribution < 1.29 is 9.53 Å². The molecule has 1 N–H and O–H groups in total. The number of rotatable bonds is 3. The smallest absolute Gasteiger partial charge is 0.270 e. The Labute approximate surface area is 111 Å². The Morgan fingerprint density at radius 1 is 1.37 bits per heavy atom. The molecule has 1 aliphatic heterocycles. The fourth-order valence-corrected chi connectivity index (χ4v) is 2.40. The van der Waals surface area contributed by atoms with Crippen LogP contribution in [-0.2, 0) is 4.74 Å². The summed E-state index contributed by atoms with van der Waals surface area (Å²) < 4.78 is 5.49. The first-order chi connectivity index (χ1) is 9.34. The molecule has 4 nitrogen and oxygen atoms in total. The lowest BCUT2D eigenvalue weighted by Crippen LogP contribution is -2.32. The fourth-order valence-electron chi connectivity index (χ4n) is 2.40. The third kappa shape index (κ3) is 2.58. The summed E-state index contributed by atoms with van der Waals surface area (Å²) in [6.45, 7) is 1.36. The summed E-state index contributed by atoms with van der Waals surface area (Å²) in [7, 11) is 0. The average molecular weight is 256 g/mol. The molecule has 1 saturated heterocycles. The summed E-state index contributed by atoms with van der Waals surface area (Å²) in [4.78, 5) is 16.4. The van der Waals surface area contributed by atoms with Gasteiger partial charge in [-0.2, -0.15) is 0 Å². The van der Waals surface area contributed by atoms with Crippen molar-refractivity contribution in [2.75, 3.05) is 13.2 Å². The van der Waals surface area contributed by atoms with Gasteiger partial charge in [-0.3, -0.25) is 9.78 Å². The minimum absolute atomic E-state index is 0.132. The van der Waals surface area contributed by atoms with Crippen molar-refractivity contribution in [1.82, 2.24) is 10.3 Å². The third-order valence-corrected chi connectivity index (χ3v) is 3.40. The Morgan fingerprint density at radius 2 is 2.26 bits per heavy atom. The zero-order valence-electron chi connectivity index (χ0n) is 10.6. The molecular weight excluding hydrogens is 240 g/mol. The molecule has 0 aliphatic carbocycles. The molecule has 1 fully saturated rings.